The van der Waals surface area contributed by atoms with E-state index >= 15 is 0 Å². The number of carbonyl (C=O) groups is 1. The van der Waals surface area contributed by atoms with Gasteiger partial charge in [0.2, 0.25) is 11.7 Å². The molecule has 0 fully saturated rings. The number of aromatic nitrogens is 3. The highest BCUT2D eigenvalue weighted by molar-refractivity contribution is 5.76. The monoisotopic (exact) mass is 525 g/mol. The average Bonchev–Trinajstić information content (AvgIpc) is 3.35. The zero-order valence-electron chi connectivity index (χ0n) is 23.1. The zero-order chi connectivity index (χ0) is 27.8. The SMILES string of the molecule is CCc1cc(-c2noc(-c3cc(C)nc(CN(C)CC(C)C)c3)n2)cc(C)c1OC[C@@H](O)CNC(=O)CO. The number of ether oxygens (including phenoxy) is 1. The molecule has 0 saturated carbocycles. The van der Waals surface area contributed by atoms with Gasteiger partial charge in [-0.2, -0.15) is 4.98 Å². The second-order valence-electron chi connectivity index (χ2n) is 10.1. The molecule has 0 bridgehead atoms. The van der Waals surface area contributed by atoms with Gasteiger partial charge in [-0.3, -0.25) is 9.78 Å². The lowest BCUT2D eigenvalue weighted by molar-refractivity contribution is -0.124. The first-order valence-electron chi connectivity index (χ1n) is 12.9. The van der Waals surface area contributed by atoms with Crippen molar-refractivity contribution in [1.82, 2.24) is 25.3 Å². The highest BCUT2D eigenvalue weighted by atomic mass is 16.5. The molecule has 10 heteroatoms. The van der Waals surface area contributed by atoms with E-state index in [9.17, 15) is 9.90 Å². The van der Waals surface area contributed by atoms with Gasteiger partial charge in [0.05, 0.1) is 5.69 Å². The number of hydrogen-bond acceptors (Lipinski definition) is 9. The molecule has 0 spiro atoms. The summed E-state index contributed by atoms with van der Waals surface area (Å²) in [5, 5.41) is 25.6. The summed E-state index contributed by atoms with van der Waals surface area (Å²) in [4.78, 5) is 22.8. The summed E-state index contributed by atoms with van der Waals surface area (Å²) >= 11 is 0. The molecule has 1 aromatic carbocycles. The predicted molar refractivity (Wildman–Crippen MR) is 145 cm³/mol. The Morgan fingerprint density at radius 1 is 1.16 bits per heavy atom. The predicted octanol–water partition coefficient (Wildman–Crippen LogP) is 2.91. The smallest absolute Gasteiger partial charge is 0.258 e. The van der Waals surface area contributed by atoms with E-state index in [1.54, 1.807) is 0 Å². The Hall–Kier alpha value is -3.34. The van der Waals surface area contributed by atoms with Crippen LogP contribution in [0.1, 0.15) is 43.3 Å². The molecule has 0 aliphatic rings. The number of hydrogen-bond donors (Lipinski definition) is 3. The minimum atomic E-state index is -0.909. The Morgan fingerprint density at radius 2 is 1.92 bits per heavy atom. The number of nitrogens with one attached hydrogen (secondary N) is 1. The molecule has 206 valence electrons. The zero-order valence-corrected chi connectivity index (χ0v) is 23.1. The summed E-state index contributed by atoms with van der Waals surface area (Å²) in [7, 11) is 2.09. The normalized spacial score (nSPS) is 12.3. The van der Waals surface area contributed by atoms with Crippen LogP contribution in [0.4, 0.5) is 0 Å². The van der Waals surface area contributed by atoms with Crippen molar-refractivity contribution < 1.29 is 24.3 Å². The minimum Gasteiger partial charge on any atom is -0.490 e. The van der Waals surface area contributed by atoms with E-state index < -0.39 is 18.6 Å². The largest absolute Gasteiger partial charge is 0.490 e. The third kappa shape index (κ3) is 8.08. The van der Waals surface area contributed by atoms with Crippen LogP contribution in [0, 0.1) is 19.8 Å². The number of aliphatic hydroxyl groups is 2. The van der Waals surface area contributed by atoms with Gasteiger partial charge in [-0.05, 0) is 68.6 Å². The Morgan fingerprint density at radius 3 is 2.61 bits per heavy atom. The summed E-state index contributed by atoms with van der Waals surface area (Å²) in [5.74, 6) is 1.61. The lowest BCUT2D eigenvalue weighted by Gasteiger charge is -2.18. The van der Waals surface area contributed by atoms with Gasteiger partial charge in [0.1, 0.15) is 25.1 Å². The van der Waals surface area contributed by atoms with Gasteiger partial charge in [-0.15, -0.1) is 0 Å². The van der Waals surface area contributed by atoms with Gasteiger partial charge in [0.25, 0.3) is 5.89 Å². The maximum Gasteiger partial charge on any atom is 0.258 e. The van der Waals surface area contributed by atoms with E-state index in [2.05, 4.69) is 46.2 Å². The molecule has 0 aliphatic carbocycles. The Bertz CT molecular complexity index is 1230. The Kier molecular flexibility index (Phi) is 10.3. The molecule has 10 nitrogen and oxygen atoms in total. The van der Waals surface area contributed by atoms with Gasteiger partial charge < -0.3 is 29.7 Å². The van der Waals surface area contributed by atoms with Crippen LogP contribution in [-0.2, 0) is 17.8 Å². The number of pyridine rings is 1. The van der Waals surface area contributed by atoms with Crippen molar-refractivity contribution >= 4 is 5.91 Å². The molecule has 0 aliphatic heterocycles. The lowest BCUT2D eigenvalue weighted by Crippen LogP contribution is -2.36. The minimum absolute atomic E-state index is 0.00133. The van der Waals surface area contributed by atoms with Crippen molar-refractivity contribution in [3.05, 3.63) is 46.8 Å². The summed E-state index contributed by atoms with van der Waals surface area (Å²) in [6.07, 6.45) is -0.212. The number of carbonyl (C=O) groups excluding carboxylic acids is 1. The molecule has 1 amide bonds. The summed E-state index contributed by atoms with van der Waals surface area (Å²) in [6.45, 7) is 11.4. The van der Waals surface area contributed by atoms with E-state index in [1.807, 2.05) is 45.0 Å². The number of aryl methyl sites for hydroxylation is 3. The Balaban J connectivity index is 1.77. The molecule has 0 unspecified atom stereocenters. The first-order chi connectivity index (χ1) is 18.1. The standard InChI is InChI=1S/C28H39N5O5/c1-7-20-10-21(8-18(4)26(20)37-16-24(35)12-29-25(36)15-34)27-31-28(38-32-27)22-9-19(5)30-23(11-22)14-33(6)13-17(2)3/h8-11,17,24,34-35H,7,12-16H2,1-6H3,(H,29,36)/t24-/m0/s1. The third-order valence-electron chi connectivity index (χ3n) is 5.88. The van der Waals surface area contributed by atoms with Gasteiger partial charge in [-0.25, -0.2) is 0 Å². The molecule has 3 rings (SSSR count). The van der Waals surface area contributed by atoms with Crippen molar-refractivity contribution in [1.29, 1.82) is 0 Å². The van der Waals surface area contributed by atoms with Crippen molar-refractivity contribution in [2.45, 2.75) is 53.7 Å². The van der Waals surface area contributed by atoms with Crippen LogP contribution in [0.3, 0.4) is 0 Å². The average molecular weight is 526 g/mol. The fourth-order valence-electron chi connectivity index (χ4n) is 4.34. The quantitative estimate of drug-likeness (QED) is 0.308. The van der Waals surface area contributed by atoms with Crippen molar-refractivity contribution in [2.24, 2.45) is 5.92 Å². The van der Waals surface area contributed by atoms with E-state index in [0.29, 0.717) is 29.8 Å². The summed E-state index contributed by atoms with van der Waals surface area (Å²) in [6, 6.07) is 7.82. The van der Waals surface area contributed by atoms with Crippen LogP contribution in [0.2, 0.25) is 0 Å². The van der Waals surface area contributed by atoms with Gasteiger partial charge in [0, 0.05) is 36.5 Å². The fourth-order valence-corrected chi connectivity index (χ4v) is 4.34. The molecular formula is C28H39N5O5. The van der Waals surface area contributed by atoms with Crippen LogP contribution in [0.25, 0.3) is 22.8 Å². The lowest BCUT2D eigenvalue weighted by atomic mass is 10.0. The van der Waals surface area contributed by atoms with Crippen molar-refractivity contribution in [3.63, 3.8) is 0 Å². The molecular weight excluding hydrogens is 486 g/mol. The number of amides is 1. The van der Waals surface area contributed by atoms with Crippen LogP contribution >= 0.6 is 0 Å². The van der Waals surface area contributed by atoms with E-state index in [4.69, 9.17) is 14.4 Å². The van der Waals surface area contributed by atoms with E-state index in [1.165, 1.54) is 0 Å². The number of nitrogens with zero attached hydrogens (tertiary/aromatic N) is 4. The molecule has 2 heterocycles. The van der Waals surface area contributed by atoms with Crippen molar-refractivity contribution in [2.75, 3.05) is 33.4 Å². The molecule has 3 aromatic rings. The Labute approximate surface area is 224 Å². The summed E-state index contributed by atoms with van der Waals surface area (Å²) in [5.41, 5.74) is 5.28. The van der Waals surface area contributed by atoms with E-state index in [-0.39, 0.29) is 13.2 Å². The van der Waals surface area contributed by atoms with Gasteiger partial charge >= 0.3 is 0 Å². The van der Waals surface area contributed by atoms with Crippen LogP contribution in [0.5, 0.6) is 5.75 Å². The first-order valence-corrected chi connectivity index (χ1v) is 12.9. The maximum absolute atomic E-state index is 11.2. The molecule has 38 heavy (non-hydrogen) atoms. The highest BCUT2D eigenvalue weighted by Gasteiger charge is 2.17. The van der Waals surface area contributed by atoms with Gasteiger partial charge in [0.15, 0.2) is 0 Å². The molecule has 0 saturated heterocycles. The second kappa shape index (κ2) is 13.5. The second-order valence-corrected chi connectivity index (χ2v) is 10.1. The van der Waals surface area contributed by atoms with Crippen molar-refractivity contribution in [3.8, 4) is 28.6 Å². The van der Waals surface area contributed by atoms with Gasteiger partial charge in [-0.1, -0.05) is 25.9 Å². The molecule has 0 radical (unpaired) electrons. The molecule has 1 atom stereocenters. The number of benzene rings is 1. The maximum atomic E-state index is 11.2. The molecule has 2 aromatic heterocycles. The summed E-state index contributed by atoms with van der Waals surface area (Å²) < 4.78 is 11.5. The highest BCUT2D eigenvalue weighted by Crippen LogP contribution is 2.31. The van der Waals surface area contributed by atoms with Crippen LogP contribution < -0.4 is 10.1 Å². The molecule has 3 N–H and O–H groups in total. The van der Waals surface area contributed by atoms with Crippen LogP contribution in [0.15, 0.2) is 28.8 Å². The first kappa shape index (κ1) is 29.2. The number of rotatable bonds is 13. The fraction of sp³-hybridized carbons (Fsp3) is 0.500. The van der Waals surface area contributed by atoms with Crippen LogP contribution in [-0.4, -0.2) is 75.6 Å². The number of aliphatic hydroxyl groups excluding tert-OH is 2. The third-order valence-corrected chi connectivity index (χ3v) is 5.88. The van der Waals surface area contributed by atoms with E-state index in [0.717, 1.165) is 46.7 Å². The topological polar surface area (TPSA) is 134 Å².